The highest BCUT2D eigenvalue weighted by atomic mass is 19.1. The highest BCUT2D eigenvalue weighted by Crippen LogP contribution is 2.34. The van der Waals surface area contributed by atoms with Gasteiger partial charge in [-0.15, -0.1) is 0 Å². The lowest BCUT2D eigenvalue weighted by Crippen LogP contribution is -2.20. The maximum Gasteiger partial charge on any atom is 0.168 e. The van der Waals surface area contributed by atoms with Crippen LogP contribution in [0.15, 0.2) is 12.3 Å². The second kappa shape index (κ2) is 4.76. The van der Waals surface area contributed by atoms with Gasteiger partial charge in [0.1, 0.15) is 5.82 Å². The molecular weight excluding hydrogens is 210 g/mol. The minimum atomic E-state index is -0.640. The van der Waals surface area contributed by atoms with Crippen molar-refractivity contribution in [3.8, 4) is 0 Å². The second-order valence-corrected chi connectivity index (χ2v) is 4.41. The second-order valence-electron chi connectivity index (χ2n) is 4.41. The Morgan fingerprint density at radius 1 is 1.50 bits per heavy atom. The van der Waals surface area contributed by atoms with Gasteiger partial charge in [0, 0.05) is 12.1 Å². The van der Waals surface area contributed by atoms with Gasteiger partial charge in [-0.3, -0.25) is 0 Å². The van der Waals surface area contributed by atoms with Crippen LogP contribution < -0.4 is 5.32 Å². The molecule has 2 rings (SSSR count). The van der Waals surface area contributed by atoms with Gasteiger partial charge < -0.3 is 5.32 Å². The van der Waals surface area contributed by atoms with Crippen LogP contribution >= 0.6 is 0 Å². The fourth-order valence-electron chi connectivity index (χ4n) is 1.80. The molecule has 1 fully saturated rings. The molecule has 0 aromatic carbocycles. The normalized spacial score (nSPS) is 17.2. The van der Waals surface area contributed by atoms with Crippen LogP contribution in [0.3, 0.4) is 0 Å². The molecule has 1 unspecified atom stereocenters. The van der Waals surface area contributed by atoms with Crippen molar-refractivity contribution in [2.45, 2.75) is 38.6 Å². The largest absolute Gasteiger partial charge is 0.365 e. The van der Waals surface area contributed by atoms with Crippen molar-refractivity contribution >= 4 is 5.82 Å². The van der Waals surface area contributed by atoms with Gasteiger partial charge in [0.2, 0.25) is 0 Å². The fourth-order valence-corrected chi connectivity index (χ4v) is 1.80. The van der Waals surface area contributed by atoms with Gasteiger partial charge in [-0.2, -0.15) is 0 Å². The minimum absolute atomic E-state index is 0.161. The van der Waals surface area contributed by atoms with Crippen LogP contribution in [0.2, 0.25) is 0 Å². The van der Waals surface area contributed by atoms with Crippen LogP contribution in [-0.2, 0) is 0 Å². The lowest BCUT2D eigenvalue weighted by atomic mass is 10.1. The number of anilines is 1. The summed E-state index contributed by atoms with van der Waals surface area (Å²) in [4.78, 5) is 3.73. The van der Waals surface area contributed by atoms with Crippen molar-refractivity contribution in [1.29, 1.82) is 0 Å². The predicted octanol–water partition coefficient (Wildman–Crippen LogP) is 3.35. The SMILES string of the molecule is CCC(CC1CC1)Nc1ncc(F)cc1F. The smallest absolute Gasteiger partial charge is 0.168 e. The first-order valence-corrected chi connectivity index (χ1v) is 5.76. The molecule has 1 aliphatic rings. The molecule has 1 aliphatic carbocycles. The molecule has 1 aromatic rings. The first-order chi connectivity index (χ1) is 7.69. The van der Waals surface area contributed by atoms with Crippen LogP contribution in [-0.4, -0.2) is 11.0 Å². The van der Waals surface area contributed by atoms with Crippen LogP contribution in [0, 0.1) is 17.6 Å². The summed E-state index contributed by atoms with van der Waals surface area (Å²) < 4.78 is 26.0. The Bertz CT molecular complexity index is 364. The molecule has 0 bridgehead atoms. The van der Waals surface area contributed by atoms with E-state index in [1.54, 1.807) is 0 Å². The van der Waals surface area contributed by atoms with Gasteiger partial charge in [0.15, 0.2) is 11.6 Å². The number of hydrogen-bond donors (Lipinski definition) is 1. The van der Waals surface area contributed by atoms with Crippen LogP contribution in [0.25, 0.3) is 0 Å². The van der Waals surface area contributed by atoms with Gasteiger partial charge >= 0.3 is 0 Å². The average Bonchev–Trinajstić information content (AvgIpc) is 3.04. The highest BCUT2D eigenvalue weighted by Gasteiger charge is 2.25. The van der Waals surface area contributed by atoms with E-state index < -0.39 is 11.6 Å². The zero-order valence-electron chi connectivity index (χ0n) is 9.34. The Hall–Kier alpha value is -1.19. The lowest BCUT2D eigenvalue weighted by Gasteiger charge is -2.17. The number of rotatable bonds is 5. The topological polar surface area (TPSA) is 24.9 Å². The number of halogens is 2. The molecule has 0 aliphatic heterocycles. The maximum absolute atomic E-state index is 13.3. The van der Waals surface area contributed by atoms with Gasteiger partial charge in [0.25, 0.3) is 0 Å². The van der Waals surface area contributed by atoms with Gasteiger partial charge in [-0.25, -0.2) is 13.8 Å². The van der Waals surface area contributed by atoms with E-state index in [-0.39, 0.29) is 11.9 Å². The third-order valence-electron chi connectivity index (χ3n) is 2.96. The van der Waals surface area contributed by atoms with Gasteiger partial charge in [-0.05, 0) is 18.8 Å². The van der Waals surface area contributed by atoms with E-state index in [1.165, 1.54) is 12.8 Å². The number of nitrogens with one attached hydrogen (secondary N) is 1. The van der Waals surface area contributed by atoms with Crippen molar-refractivity contribution in [1.82, 2.24) is 4.98 Å². The zero-order valence-corrected chi connectivity index (χ0v) is 9.34. The van der Waals surface area contributed by atoms with Crippen molar-refractivity contribution in [3.63, 3.8) is 0 Å². The molecule has 2 nitrogen and oxygen atoms in total. The zero-order chi connectivity index (χ0) is 11.5. The van der Waals surface area contributed by atoms with Crippen molar-refractivity contribution in [2.75, 3.05) is 5.32 Å². The Morgan fingerprint density at radius 3 is 2.81 bits per heavy atom. The first-order valence-electron chi connectivity index (χ1n) is 5.76. The van der Waals surface area contributed by atoms with E-state index in [0.717, 1.165) is 31.0 Å². The molecule has 88 valence electrons. The maximum atomic E-state index is 13.3. The van der Waals surface area contributed by atoms with Crippen molar-refractivity contribution in [3.05, 3.63) is 23.9 Å². The number of pyridine rings is 1. The van der Waals surface area contributed by atoms with E-state index in [0.29, 0.717) is 0 Å². The summed E-state index contributed by atoms with van der Waals surface area (Å²) in [6.45, 7) is 2.06. The number of hydrogen-bond acceptors (Lipinski definition) is 2. The summed E-state index contributed by atoms with van der Waals surface area (Å²) in [5, 5.41) is 3.04. The van der Waals surface area contributed by atoms with Crippen LogP contribution in [0.4, 0.5) is 14.6 Å². The Balaban J connectivity index is 1.99. The fraction of sp³-hybridized carbons (Fsp3) is 0.583. The summed E-state index contributed by atoms with van der Waals surface area (Å²) in [7, 11) is 0. The Labute approximate surface area is 94.1 Å². The predicted molar refractivity (Wildman–Crippen MR) is 59.2 cm³/mol. The summed E-state index contributed by atoms with van der Waals surface area (Å²) in [6.07, 6.45) is 5.56. The third kappa shape index (κ3) is 2.90. The molecule has 1 heterocycles. The van der Waals surface area contributed by atoms with E-state index in [9.17, 15) is 8.78 Å². The number of aromatic nitrogens is 1. The van der Waals surface area contributed by atoms with Gasteiger partial charge in [-0.1, -0.05) is 19.8 Å². The Kier molecular flexibility index (Phi) is 3.36. The highest BCUT2D eigenvalue weighted by molar-refractivity contribution is 5.36. The van der Waals surface area contributed by atoms with Crippen LogP contribution in [0.5, 0.6) is 0 Å². The standard InChI is InChI=1S/C12H16F2N2/c1-2-10(5-8-3-4-8)16-12-11(14)6-9(13)7-15-12/h6-8,10H,2-5H2,1H3,(H,15,16). The summed E-state index contributed by atoms with van der Waals surface area (Å²) in [5.41, 5.74) is 0. The average molecular weight is 226 g/mol. The number of nitrogens with zero attached hydrogens (tertiary/aromatic N) is 1. The monoisotopic (exact) mass is 226 g/mol. The molecule has 1 N–H and O–H groups in total. The summed E-state index contributed by atoms with van der Waals surface area (Å²) in [5.74, 6) is -0.317. The molecule has 0 amide bonds. The van der Waals surface area contributed by atoms with Gasteiger partial charge in [0.05, 0.1) is 6.20 Å². The van der Waals surface area contributed by atoms with E-state index in [4.69, 9.17) is 0 Å². The van der Waals surface area contributed by atoms with Crippen molar-refractivity contribution < 1.29 is 8.78 Å². The minimum Gasteiger partial charge on any atom is -0.365 e. The molecule has 1 atom stereocenters. The van der Waals surface area contributed by atoms with E-state index in [2.05, 4.69) is 17.2 Å². The van der Waals surface area contributed by atoms with Crippen LogP contribution in [0.1, 0.15) is 32.6 Å². The Morgan fingerprint density at radius 2 is 2.25 bits per heavy atom. The molecule has 0 spiro atoms. The lowest BCUT2D eigenvalue weighted by molar-refractivity contribution is 0.556. The quantitative estimate of drug-likeness (QED) is 0.832. The molecular formula is C12H16F2N2. The summed E-state index contributed by atoms with van der Waals surface area (Å²) in [6, 6.07) is 1.10. The third-order valence-corrected chi connectivity index (χ3v) is 2.96. The van der Waals surface area contributed by atoms with Crippen molar-refractivity contribution in [2.24, 2.45) is 5.92 Å². The molecule has 0 saturated heterocycles. The summed E-state index contributed by atoms with van der Waals surface area (Å²) >= 11 is 0. The first kappa shape index (κ1) is 11.3. The molecule has 1 saturated carbocycles. The molecule has 1 aromatic heterocycles. The van der Waals surface area contributed by atoms with E-state index in [1.807, 2.05) is 0 Å². The molecule has 16 heavy (non-hydrogen) atoms. The molecule has 4 heteroatoms. The molecule has 0 radical (unpaired) electrons. The van der Waals surface area contributed by atoms with E-state index >= 15 is 0 Å².